The maximum atomic E-state index is 12.0. The van der Waals surface area contributed by atoms with Crippen molar-refractivity contribution in [3.8, 4) is 11.5 Å². The number of hydrogen-bond donors (Lipinski definition) is 1. The number of carbonyl (C=O) groups is 2. The summed E-state index contributed by atoms with van der Waals surface area (Å²) in [5, 5.41) is 13.3. The second kappa shape index (κ2) is 9.91. The number of nitro groups is 1. The van der Waals surface area contributed by atoms with Crippen LogP contribution in [-0.4, -0.2) is 37.6 Å². The van der Waals surface area contributed by atoms with Crippen molar-refractivity contribution in [1.29, 1.82) is 0 Å². The summed E-state index contributed by atoms with van der Waals surface area (Å²) in [4.78, 5) is 34.1. The van der Waals surface area contributed by atoms with E-state index in [9.17, 15) is 19.7 Å². The minimum atomic E-state index is -0.585. The first-order chi connectivity index (χ1) is 13.4. The molecule has 0 saturated carbocycles. The number of nitrogens with one attached hydrogen (secondary N) is 1. The van der Waals surface area contributed by atoms with Gasteiger partial charge in [0, 0.05) is 12.5 Å². The first kappa shape index (κ1) is 20.7. The van der Waals surface area contributed by atoms with Gasteiger partial charge in [-0.15, -0.1) is 0 Å². The second-order valence-electron chi connectivity index (χ2n) is 5.66. The number of non-ortho nitro benzene ring substituents is 1. The van der Waals surface area contributed by atoms with Crippen LogP contribution in [0.25, 0.3) is 0 Å². The highest BCUT2D eigenvalue weighted by atomic mass is 16.6. The summed E-state index contributed by atoms with van der Waals surface area (Å²) < 4.78 is 15.2. The van der Waals surface area contributed by atoms with E-state index < -0.39 is 23.4 Å². The largest absolute Gasteiger partial charge is 0.496 e. The number of esters is 1. The summed E-state index contributed by atoms with van der Waals surface area (Å²) in [6, 6.07) is 11.1. The number of rotatable bonds is 9. The van der Waals surface area contributed by atoms with Gasteiger partial charge in [0.1, 0.15) is 11.5 Å². The predicted octanol–water partition coefficient (Wildman–Crippen LogP) is 2.73. The van der Waals surface area contributed by atoms with Crippen LogP contribution in [0.2, 0.25) is 0 Å². The maximum absolute atomic E-state index is 12.0. The third-order valence-electron chi connectivity index (χ3n) is 3.83. The fraction of sp³-hybridized carbons (Fsp3) is 0.263. The van der Waals surface area contributed by atoms with Crippen molar-refractivity contribution in [3.05, 3.63) is 58.1 Å². The molecule has 2 aromatic rings. The zero-order chi connectivity index (χ0) is 20.5. The van der Waals surface area contributed by atoms with E-state index in [1.165, 1.54) is 25.3 Å². The van der Waals surface area contributed by atoms with Crippen LogP contribution in [0.5, 0.6) is 11.5 Å². The number of ether oxygens (including phenoxy) is 3. The van der Waals surface area contributed by atoms with E-state index in [1.54, 1.807) is 13.2 Å². The first-order valence-corrected chi connectivity index (χ1v) is 8.34. The van der Waals surface area contributed by atoms with Gasteiger partial charge in [-0.25, -0.2) is 0 Å². The van der Waals surface area contributed by atoms with E-state index in [4.69, 9.17) is 14.2 Å². The van der Waals surface area contributed by atoms with Crippen molar-refractivity contribution in [3.63, 3.8) is 0 Å². The van der Waals surface area contributed by atoms with Gasteiger partial charge in [-0.05, 0) is 24.1 Å². The third-order valence-corrected chi connectivity index (χ3v) is 3.83. The van der Waals surface area contributed by atoms with Crippen LogP contribution in [0.4, 0.5) is 11.4 Å². The molecule has 0 radical (unpaired) electrons. The fourth-order valence-corrected chi connectivity index (χ4v) is 2.45. The molecular formula is C19H20N2O7. The van der Waals surface area contributed by atoms with Crippen LogP contribution in [-0.2, 0) is 20.7 Å². The number of methoxy groups -OCH3 is 2. The van der Waals surface area contributed by atoms with Crippen molar-refractivity contribution in [2.75, 3.05) is 26.1 Å². The Kier molecular flexibility index (Phi) is 7.32. The Hall–Kier alpha value is -3.62. The topological polar surface area (TPSA) is 117 Å². The molecular weight excluding hydrogens is 368 g/mol. The van der Waals surface area contributed by atoms with E-state index in [2.05, 4.69) is 5.32 Å². The number of aryl methyl sites for hydroxylation is 1. The molecule has 1 amide bonds. The summed E-state index contributed by atoms with van der Waals surface area (Å²) in [6.45, 7) is -0.481. The van der Waals surface area contributed by atoms with Crippen LogP contribution in [0, 0.1) is 10.1 Å². The molecule has 0 bridgehead atoms. The van der Waals surface area contributed by atoms with Gasteiger partial charge in [0.2, 0.25) is 0 Å². The van der Waals surface area contributed by atoms with Crippen LogP contribution >= 0.6 is 0 Å². The molecule has 9 nitrogen and oxygen atoms in total. The van der Waals surface area contributed by atoms with E-state index in [0.29, 0.717) is 12.2 Å². The van der Waals surface area contributed by atoms with Crippen LogP contribution in [0.15, 0.2) is 42.5 Å². The average Bonchev–Trinajstić information content (AvgIpc) is 2.70. The first-order valence-electron chi connectivity index (χ1n) is 8.34. The lowest BCUT2D eigenvalue weighted by Gasteiger charge is -2.11. The van der Waals surface area contributed by atoms with Gasteiger partial charge in [-0.2, -0.15) is 0 Å². The Balaban J connectivity index is 1.85. The van der Waals surface area contributed by atoms with Crippen molar-refractivity contribution in [2.24, 2.45) is 0 Å². The lowest BCUT2D eigenvalue weighted by Crippen LogP contribution is -2.21. The third kappa shape index (κ3) is 5.70. The van der Waals surface area contributed by atoms with Gasteiger partial charge >= 0.3 is 5.97 Å². The smallest absolute Gasteiger partial charge is 0.306 e. The molecule has 148 valence electrons. The summed E-state index contributed by atoms with van der Waals surface area (Å²) >= 11 is 0. The van der Waals surface area contributed by atoms with Gasteiger partial charge < -0.3 is 19.5 Å². The number of amides is 1. The summed E-state index contributed by atoms with van der Waals surface area (Å²) in [5.74, 6) is -0.308. The molecule has 9 heteroatoms. The fourth-order valence-electron chi connectivity index (χ4n) is 2.45. The molecule has 2 rings (SSSR count). The van der Waals surface area contributed by atoms with E-state index in [-0.39, 0.29) is 23.5 Å². The van der Waals surface area contributed by atoms with Gasteiger partial charge in [0.05, 0.1) is 30.9 Å². The highest BCUT2D eigenvalue weighted by molar-refractivity contribution is 5.94. The zero-order valence-corrected chi connectivity index (χ0v) is 15.5. The molecule has 0 atom stereocenters. The van der Waals surface area contributed by atoms with Crippen molar-refractivity contribution >= 4 is 23.3 Å². The Morgan fingerprint density at radius 3 is 2.46 bits per heavy atom. The maximum Gasteiger partial charge on any atom is 0.306 e. The van der Waals surface area contributed by atoms with Crippen LogP contribution in [0.3, 0.4) is 0 Å². The normalized spacial score (nSPS) is 10.1. The molecule has 0 heterocycles. The van der Waals surface area contributed by atoms with Crippen molar-refractivity contribution in [1.82, 2.24) is 0 Å². The number of carbonyl (C=O) groups excluding carboxylic acids is 2. The zero-order valence-electron chi connectivity index (χ0n) is 15.5. The lowest BCUT2D eigenvalue weighted by atomic mass is 10.1. The number of anilines is 1. The average molecular weight is 388 g/mol. The molecule has 2 aromatic carbocycles. The summed E-state index contributed by atoms with van der Waals surface area (Å²) in [7, 11) is 2.88. The summed E-state index contributed by atoms with van der Waals surface area (Å²) in [6.07, 6.45) is 0.509. The minimum Gasteiger partial charge on any atom is -0.496 e. The number of nitrogens with zero attached hydrogens (tertiary/aromatic N) is 1. The van der Waals surface area contributed by atoms with Crippen LogP contribution in [0.1, 0.15) is 12.0 Å². The summed E-state index contributed by atoms with van der Waals surface area (Å²) in [5.41, 5.74) is 0.933. The molecule has 0 aliphatic heterocycles. The molecule has 0 unspecified atom stereocenters. The SMILES string of the molecule is COc1ccccc1CCC(=O)OCC(=O)Nc1ccc([N+](=O)[O-])cc1OC. The minimum absolute atomic E-state index is 0.0918. The molecule has 0 aliphatic carbocycles. The Bertz CT molecular complexity index is 867. The predicted molar refractivity (Wildman–Crippen MR) is 101 cm³/mol. The molecule has 28 heavy (non-hydrogen) atoms. The Labute approximate surface area is 161 Å². The molecule has 0 spiro atoms. The van der Waals surface area contributed by atoms with E-state index in [1.807, 2.05) is 18.2 Å². The molecule has 1 N–H and O–H groups in total. The van der Waals surface area contributed by atoms with Crippen molar-refractivity contribution in [2.45, 2.75) is 12.8 Å². The van der Waals surface area contributed by atoms with E-state index in [0.717, 1.165) is 5.56 Å². The Morgan fingerprint density at radius 1 is 1.07 bits per heavy atom. The molecule has 0 aliphatic rings. The number of hydrogen-bond acceptors (Lipinski definition) is 7. The van der Waals surface area contributed by atoms with E-state index >= 15 is 0 Å². The standard InChI is InChI=1S/C19H20N2O7/c1-26-16-6-4-3-5-13(16)7-10-19(23)28-12-18(22)20-15-9-8-14(21(24)25)11-17(15)27-2/h3-6,8-9,11H,7,10,12H2,1-2H3,(H,20,22). The van der Waals surface area contributed by atoms with Gasteiger partial charge in [0.25, 0.3) is 11.6 Å². The van der Waals surface area contributed by atoms with Gasteiger partial charge in [-0.3, -0.25) is 19.7 Å². The number of nitro benzene ring substituents is 1. The lowest BCUT2D eigenvalue weighted by molar-refractivity contribution is -0.384. The highest BCUT2D eigenvalue weighted by Crippen LogP contribution is 2.28. The quantitative estimate of drug-likeness (QED) is 0.399. The van der Waals surface area contributed by atoms with Crippen LogP contribution < -0.4 is 14.8 Å². The molecule has 0 aromatic heterocycles. The van der Waals surface area contributed by atoms with Crippen molar-refractivity contribution < 1.29 is 28.7 Å². The van der Waals surface area contributed by atoms with Gasteiger partial charge in [0.15, 0.2) is 6.61 Å². The van der Waals surface area contributed by atoms with Gasteiger partial charge in [-0.1, -0.05) is 18.2 Å². The second-order valence-corrected chi connectivity index (χ2v) is 5.66. The number of para-hydroxylation sites is 1. The molecule has 0 saturated heterocycles. The highest BCUT2D eigenvalue weighted by Gasteiger charge is 2.15. The molecule has 0 fully saturated rings. The monoisotopic (exact) mass is 388 g/mol. The Morgan fingerprint density at radius 2 is 1.79 bits per heavy atom. The number of benzene rings is 2.